The predicted molar refractivity (Wildman–Crippen MR) is 79.6 cm³/mol. The molecule has 0 aliphatic carbocycles. The first kappa shape index (κ1) is 14.4. The second-order valence-electron chi connectivity index (χ2n) is 5.75. The van der Waals surface area contributed by atoms with E-state index < -0.39 is 0 Å². The summed E-state index contributed by atoms with van der Waals surface area (Å²) in [5, 5.41) is 0.792. The van der Waals surface area contributed by atoms with Gasteiger partial charge in [0.25, 0.3) is 0 Å². The van der Waals surface area contributed by atoms with Crippen LogP contribution in [0, 0.1) is 17.6 Å². The maximum absolute atomic E-state index is 13.9. The van der Waals surface area contributed by atoms with Gasteiger partial charge in [-0.05, 0) is 30.0 Å². The van der Waals surface area contributed by atoms with Crippen LogP contribution in [0.1, 0.15) is 30.8 Å². The summed E-state index contributed by atoms with van der Waals surface area (Å²) in [6, 6.07) is 2.40. The van der Waals surface area contributed by atoms with E-state index in [2.05, 4.69) is 23.2 Å². The quantitative estimate of drug-likeness (QED) is 0.868. The molecular weight excluding hydrogens is 292 g/mol. The molecule has 3 rings (SSSR count). The number of nitrogens with zero attached hydrogens (tertiary/aromatic N) is 3. The number of fused-ring (bicyclic) bond motifs is 1. The largest absolute Gasteiger partial charge is 0.342 e. The normalized spacial score (nSPS) is 14.6. The third-order valence-corrected chi connectivity index (χ3v) is 4.43. The van der Waals surface area contributed by atoms with Crippen molar-refractivity contribution < 1.29 is 8.78 Å². The van der Waals surface area contributed by atoms with Crippen molar-refractivity contribution in [2.75, 3.05) is 11.4 Å². The lowest BCUT2D eigenvalue weighted by molar-refractivity contribution is 0.549. The van der Waals surface area contributed by atoms with Gasteiger partial charge in [0.15, 0.2) is 0 Å². The Kier molecular flexibility index (Phi) is 3.89. The van der Waals surface area contributed by atoms with Crippen LogP contribution in [0.25, 0.3) is 0 Å². The summed E-state index contributed by atoms with van der Waals surface area (Å²) in [5.74, 6) is 0.670. The van der Waals surface area contributed by atoms with Crippen LogP contribution in [0.15, 0.2) is 12.1 Å². The van der Waals surface area contributed by atoms with E-state index >= 15 is 0 Å². The summed E-state index contributed by atoms with van der Waals surface area (Å²) < 4.78 is 32.0. The number of hydrogen-bond donors (Lipinski definition) is 0. The maximum atomic E-state index is 13.9. The Morgan fingerprint density at radius 1 is 1.24 bits per heavy atom. The van der Waals surface area contributed by atoms with E-state index in [0.717, 1.165) is 17.4 Å². The second-order valence-corrected chi connectivity index (χ2v) is 6.48. The lowest BCUT2D eigenvalue weighted by Crippen LogP contribution is -2.31. The first-order valence-electron chi connectivity index (χ1n) is 7.08. The fourth-order valence-corrected chi connectivity index (χ4v) is 3.30. The number of hydrogen-bond acceptors (Lipinski definition) is 4. The van der Waals surface area contributed by atoms with Crippen LogP contribution < -0.4 is 4.90 Å². The third kappa shape index (κ3) is 2.90. The van der Waals surface area contributed by atoms with Crippen LogP contribution in [-0.2, 0) is 19.4 Å². The fraction of sp³-hybridized carbons (Fsp3) is 0.467. The van der Waals surface area contributed by atoms with Crippen molar-refractivity contribution in [3.63, 3.8) is 0 Å². The molecule has 1 aliphatic heterocycles. The van der Waals surface area contributed by atoms with E-state index in [9.17, 15) is 8.78 Å². The molecular formula is C15H17F2N3S. The Bertz CT molecular complexity index is 654. The molecule has 112 valence electrons. The highest BCUT2D eigenvalue weighted by Gasteiger charge is 2.24. The van der Waals surface area contributed by atoms with Crippen molar-refractivity contribution in [1.29, 1.82) is 0 Å². The summed E-state index contributed by atoms with van der Waals surface area (Å²) in [7, 11) is 0. The van der Waals surface area contributed by atoms with Crippen LogP contribution in [-0.4, -0.2) is 15.9 Å². The number of halogens is 2. The van der Waals surface area contributed by atoms with Gasteiger partial charge in [0, 0.05) is 36.6 Å². The van der Waals surface area contributed by atoms with E-state index in [-0.39, 0.29) is 11.6 Å². The van der Waals surface area contributed by atoms with Gasteiger partial charge in [-0.1, -0.05) is 13.8 Å². The molecule has 0 atom stereocenters. The Morgan fingerprint density at radius 3 is 2.67 bits per heavy atom. The Hall–Kier alpha value is -1.56. The average molecular weight is 309 g/mol. The monoisotopic (exact) mass is 309 g/mol. The molecule has 0 bridgehead atoms. The Labute approximate surface area is 126 Å². The van der Waals surface area contributed by atoms with Gasteiger partial charge in [0.05, 0.1) is 0 Å². The average Bonchev–Trinajstić information content (AvgIpc) is 2.90. The summed E-state index contributed by atoms with van der Waals surface area (Å²) in [6.07, 6.45) is 1.34. The van der Waals surface area contributed by atoms with Crippen LogP contribution >= 0.6 is 11.5 Å². The second kappa shape index (κ2) is 5.67. The molecule has 0 radical (unpaired) electrons. The van der Waals surface area contributed by atoms with Crippen LogP contribution in [0.4, 0.5) is 13.9 Å². The molecule has 3 nitrogen and oxygen atoms in total. The lowest BCUT2D eigenvalue weighted by Gasteiger charge is -2.28. The Morgan fingerprint density at radius 2 is 1.95 bits per heavy atom. The van der Waals surface area contributed by atoms with Crippen molar-refractivity contribution in [2.24, 2.45) is 5.92 Å². The van der Waals surface area contributed by atoms with Crippen molar-refractivity contribution in [3.05, 3.63) is 40.7 Å². The molecule has 1 aliphatic rings. The fourth-order valence-electron chi connectivity index (χ4n) is 2.58. The van der Waals surface area contributed by atoms with E-state index in [4.69, 9.17) is 0 Å². The molecule has 21 heavy (non-hydrogen) atoms. The minimum atomic E-state index is -0.344. The highest BCUT2D eigenvalue weighted by molar-refractivity contribution is 7.09. The molecule has 0 spiro atoms. The van der Waals surface area contributed by atoms with E-state index in [0.29, 0.717) is 36.6 Å². The zero-order valence-electron chi connectivity index (χ0n) is 12.1. The number of rotatable bonds is 3. The molecule has 6 heteroatoms. The maximum Gasteiger partial charge on any atom is 0.205 e. The van der Waals surface area contributed by atoms with Crippen LogP contribution in [0.3, 0.4) is 0 Å². The van der Waals surface area contributed by atoms with Gasteiger partial charge in [0.1, 0.15) is 17.5 Å². The lowest BCUT2D eigenvalue weighted by atomic mass is 9.99. The predicted octanol–water partition coefficient (Wildman–Crippen LogP) is 3.58. The first-order chi connectivity index (χ1) is 10.0. The highest BCUT2D eigenvalue weighted by Crippen LogP contribution is 2.29. The summed E-state index contributed by atoms with van der Waals surface area (Å²) in [6.45, 7) is 5.24. The number of benzene rings is 1. The molecule has 2 aromatic rings. The molecule has 0 saturated heterocycles. The Balaban J connectivity index is 1.83. The molecule has 0 unspecified atom stereocenters. The van der Waals surface area contributed by atoms with Crippen molar-refractivity contribution in [3.8, 4) is 0 Å². The molecule has 0 N–H and O–H groups in total. The van der Waals surface area contributed by atoms with Gasteiger partial charge >= 0.3 is 0 Å². The molecule has 1 aromatic heterocycles. The molecule has 0 saturated carbocycles. The molecule has 1 aromatic carbocycles. The summed E-state index contributed by atoms with van der Waals surface area (Å²) >= 11 is 1.33. The van der Waals surface area contributed by atoms with Gasteiger partial charge in [-0.3, -0.25) is 0 Å². The van der Waals surface area contributed by atoms with Crippen LogP contribution in [0.5, 0.6) is 0 Å². The SMILES string of the molecule is CC(C)Cc1nsc(N2CCc3c(F)ccc(F)c3C2)n1. The van der Waals surface area contributed by atoms with Gasteiger partial charge < -0.3 is 4.90 Å². The molecule has 0 amide bonds. The van der Waals surface area contributed by atoms with Crippen molar-refractivity contribution in [2.45, 2.75) is 33.2 Å². The van der Waals surface area contributed by atoms with E-state index in [1.54, 1.807) is 0 Å². The summed E-state index contributed by atoms with van der Waals surface area (Å²) in [5.41, 5.74) is 0.944. The zero-order chi connectivity index (χ0) is 15.0. The van der Waals surface area contributed by atoms with Crippen LogP contribution in [0.2, 0.25) is 0 Å². The third-order valence-electron chi connectivity index (χ3n) is 3.62. The van der Waals surface area contributed by atoms with E-state index in [1.165, 1.54) is 23.7 Å². The number of anilines is 1. The first-order valence-corrected chi connectivity index (χ1v) is 7.85. The smallest absolute Gasteiger partial charge is 0.205 e. The molecule has 0 fully saturated rings. The van der Waals surface area contributed by atoms with Gasteiger partial charge in [0.2, 0.25) is 5.13 Å². The molecule has 2 heterocycles. The minimum Gasteiger partial charge on any atom is -0.342 e. The van der Waals surface area contributed by atoms with Gasteiger partial charge in [-0.15, -0.1) is 0 Å². The minimum absolute atomic E-state index is 0.316. The van der Waals surface area contributed by atoms with Gasteiger partial charge in [-0.2, -0.15) is 4.37 Å². The van der Waals surface area contributed by atoms with E-state index in [1.807, 2.05) is 4.90 Å². The van der Waals surface area contributed by atoms with Crippen molar-refractivity contribution in [1.82, 2.24) is 9.36 Å². The topological polar surface area (TPSA) is 29.0 Å². The standard InChI is InChI=1S/C15H17F2N3S/c1-9(2)7-14-18-15(21-19-14)20-6-5-10-11(8-20)13(17)4-3-12(10)16/h3-4,9H,5-8H2,1-2H3. The summed E-state index contributed by atoms with van der Waals surface area (Å²) in [4.78, 5) is 6.49. The van der Waals surface area contributed by atoms with Gasteiger partial charge in [-0.25, -0.2) is 13.8 Å². The number of aromatic nitrogens is 2. The highest BCUT2D eigenvalue weighted by atomic mass is 32.1. The van der Waals surface area contributed by atoms with Crippen molar-refractivity contribution >= 4 is 16.7 Å². The zero-order valence-corrected chi connectivity index (χ0v) is 12.9.